The first-order valence-corrected chi connectivity index (χ1v) is 10.7. The highest BCUT2D eigenvalue weighted by Gasteiger charge is 2.14. The molecule has 0 spiro atoms. The largest absolute Gasteiger partial charge is 0.384 e. The third kappa shape index (κ3) is 4.57. The quantitative estimate of drug-likeness (QED) is 0.423. The van der Waals surface area contributed by atoms with Gasteiger partial charge in [0.25, 0.3) is 5.91 Å². The minimum atomic E-state index is -0.158. The van der Waals surface area contributed by atoms with E-state index in [9.17, 15) is 4.79 Å². The number of nitrogens with zero attached hydrogens (tertiary/aromatic N) is 2. The molecule has 0 saturated carbocycles. The molecule has 0 aliphatic carbocycles. The van der Waals surface area contributed by atoms with Crippen LogP contribution in [0.4, 0.5) is 11.5 Å². The molecular weight excluding hydrogens is 396 g/mol. The lowest BCUT2D eigenvalue weighted by Crippen LogP contribution is -2.13. The molecule has 4 rings (SSSR count). The second kappa shape index (κ2) is 8.35. The van der Waals surface area contributed by atoms with Crippen molar-refractivity contribution in [2.75, 3.05) is 11.1 Å². The van der Waals surface area contributed by atoms with E-state index in [0.29, 0.717) is 11.4 Å². The number of aromatic nitrogens is 2. The standard InChI is InChI=1S/C27H28N4O/c1-18-6-5-7-20(16-18)24-17-25(28)31(30-24)23-14-8-19(9-15-23)26(32)29-22-12-10-21(11-13-22)27(2,3)4/h5-17H,28H2,1-4H3,(H,29,32). The Balaban J connectivity index is 1.50. The van der Waals surface area contributed by atoms with E-state index in [-0.39, 0.29) is 11.3 Å². The van der Waals surface area contributed by atoms with Crippen molar-refractivity contribution in [3.8, 4) is 16.9 Å². The summed E-state index contributed by atoms with van der Waals surface area (Å²) >= 11 is 0. The molecule has 0 unspecified atom stereocenters. The lowest BCUT2D eigenvalue weighted by molar-refractivity contribution is 0.102. The molecule has 1 heterocycles. The Morgan fingerprint density at radius 2 is 1.62 bits per heavy atom. The SMILES string of the molecule is Cc1cccc(-c2cc(N)n(-c3ccc(C(=O)Nc4ccc(C(C)(C)C)cc4)cc3)n2)c1. The monoisotopic (exact) mass is 424 g/mol. The average molecular weight is 425 g/mol. The maximum atomic E-state index is 12.7. The number of hydrogen-bond donors (Lipinski definition) is 2. The van der Waals surface area contributed by atoms with Crippen molar-refractivity contribution < 1.29 is 4.79 Å². The van der Waals surface area contributed by atoms with Crippen LogP contribution in [0.25, 0.3) is 16.9 Å². The summed E-state index contributed by atoms with van der Waals surface area (Å²) in [5, 5.41) is 7.61. The van der Waals surface area contributed by atoms with Crippen LogP contribution in [0.2, 0.25) is 0 Å². The van der Waals surface area contributed by atoms with Crippen LogP contribution < -0.4 is 11.1 Å². The van der Waals surface area contributed by atoms with Gasteiger partial charge in [-0.1, -0.05) is 56.7 Å². The molecule has 0 aliphatic rings. The first-order chi connectivity index (χ1) is 15.2. The van der Waals surface area contributed by atoms with Gasteiger partial charge in [0, 0.05) is 22.9 Å². The predicted molar refractivity (Wildman–Crippen MR) is 131 cm³/mol. The van der Waals surface area contributed by atoms with E-state index in [1.165, 1.54) is 11.1 Å². The van der Waals surface area contributed by atoms with Crippen molar-refractivity contribution in [1.29, 1.82) is 0 Å². The Morgan fingerprint density at radius 1 is 0.938 bits per heavy atom. The van der Waals surface area contributed by atoms with Gasteiger partial charge < -0.3 is 11.1 Å². The normalized spacial score (nSPS) is 11.4. The zero-order valence-electron chi connectivity index (χ0n) is 18.9. The summed E-state index contributed by atoms with van der Waals surface area (Å²) in [7, 11) is 0. The number of hydrogen-bond acceptors (Lipinski definition) is 3. The van der Waals surface area contributed by atoms with Gasteiger partial charge in [0.1, 0.15) is 5.82 Å². The highest BCUT2D eigenvalue weighted by Crippen LogP contribution is 2.25. The molecule has 1 aromatic heterocycles. The van der Waals surface area contributed by atoms with Crippen molar-refractivity contribution in [1.82, 2.24) is 9.78 Å². The van der Waals surface area contributed by atoms with Gasteiger partial charge in [-0.25, -0.2) is 4.68 Å². The van der Waals surface area contributed by atoms with Crippen LogP contribution in [0, 0.1) is 6.92 Å². The average Bonchev–Trinajstić information content (AvgIpc) is 3.15. The molecule has 32 heavy (non-hydrogen) atoms. The van der Waals surface area contributed by atoms with E-state index in [1.54, 1.807) is 16.8 Å². The molecule has 4 aromatic rings. The number of nitrogens with two attached hydrogens (primary N) is 1. The number of nitrogen functional groups attached to an aromatic ring is 1. The van der Waals surface area contributed by atoms with Crippen molar-refractivity contribution in [3.63, 3.8) is 0 Å². The van der Waals surface area contributed by atoms with Crippen molar-refractivity contribution >= 4 is 17.4 Å². The maximum absolute atomic E-state index is 12.7. The molecule has 0 bridgehead atoms. The number of amides is 1. The van der Waals surface area contributed by atoms with Crippen LogP contribution in [0.5, 0.6) is 0 Å². The highest BCUT2D eigenvalue weighted by atomic mass is 16.1. The fraction of sp³-hybridized carbons (Fsp3) is 0.185. The van der Waals surface area contributed by atoms with Crippen LogP contribution in [0.3, 0.4) is 0 Å². The summed E-state index contributed by atoms with van der Waals surface area (Å²) in [5.74, 6) is 0.381. The number of rotatable bonds is 4. The Hall–Kier alpha value is -3.86. The van der Waals surface area contributed by atoms with Gasteiger partial charge in [-0.2, -0.15) is 5.10 Å². The molecule has 5 heteroatoms. The minimum absolute atomic E-state index is 0.0753. The van der Waals surface area contributed by atoms with Crippen LogP contribution in [0.1, 0.15) is 42.3 Å². The zero-order valence-corrected chi connectivity index (χ0v) is 18.9. The Morgan fingerprint density at radius 3 is 2.25 bits per heavy atom. The fourth-order valence-electron chi connectivity index (χ4n) is 3.56. The number of carbonyl (C=O) groups is 1. The minimum Gasteiger partial charge on any atom is -0.384 e. The Bertz CT molecular complexity index is 1250. The fourth-order valence-corrected chi connectivity index (χ4v) is 3.56. The van der Waals surface area contributed by atoms with Gasteiger partial charge >= 0.3 is 0 Å². The summed E-state index contributed by atoms with van der Waals surface area (Å²) in [6.45, 7) is 8.54. The molecule has 3 N–H and O–H groups in total. The van der Waals surface area contributed by atoms with Gasteiger partial charge in [0.05, 0.1) is 11.4 Å². The second-order valence-electron chi connectivity index (χ2n) is 9.06. The second-order valence-corrected chi connectivity index (χ2v) is 9.06. The van der Waals surface area contributed by atoms with Crippen LogP contribution in [-0.2, 0) is 5.41 Å². The Kier molecular flexibility index (Phi) is 5.57. The molecule has 0 aliphatic heterocycles. The number of nitrogens with one attached hydrogen (secondary N) is 1. The van der Waals surface area contributed by atoms with Gasteiger partial charge in [-0.3, -0.25) is 4.79 Å². The van der Waals surface area contributed by atoms with Gasteiger partial charge in [0.15, 0.2) is 0 Å². The zero-order chi connectivity index (χ0) is 22.9. The van der Waals surface area contributed by atoms with E-state index < -0.39 is 0 Å². The molecule has 3 aromatic carbocycles. The highest BCUT2D eigenvalue weighted by molar-refractivity contribution is 6.04. The molecular formula is C27H28N4O. The van der Waals surface area contributed by atoms with Gasteiger partial charge in [-0.05, 0) is 60.4 Å². The molecule has 1 amide bonds. The first kappa shape index (κ1) is 21.4. The summed E-state index contributed by atoms with van der Waals surface area (Å²) in [4.78, 5) is 12.7. The molecule has 0 saturated heterocycles. The summed E-state index contributed by atoms with van der Waals surface area (Å²) in [5.41, 5.74) is 12.6. The van der Waals surface area contributed by atoms with Crippen LogP contribution >= 0.6 is 0 Å². The van der Waals surface area contributed by atoms with E-state index >= 15 is 0 Å². The van der Waals surface area contributed by atoms with Crippen LogP contribution in [0.15, 0.2) is 78.9 Å². The van der Waals surface area contributed by atoms with Crippen molar-refractivity contribution in [2.24, 2.45) is 0 Å². The third-order valence-electron chi connectivity index (χ3n) is 5.43. The van der Waals surface area contributed by atoms with Crippen LogP contribution in [-0.4, -0.2) is 15.7 Å². The lowest BCUT2D eigenvalue weighted by atomic mass is 9.87. The molecule has 0 atom stereocenters. The molecule has 0 fully saturated rings. The maximum Gasteiger partial charge on any atom is 0.255 e. The first-order valence-electron chi connectivity index (χ1n) is 10.7. The number of benzene rings is 3. The van der Waals surface area contributed by atoms with Crippen molar-refractivity contribution in [3.05, 3.63) is 95.6 Å². The summed E-state index contributed by atoms with van der Waals surface area (Å²) in [6, 6.07) is 25.2. The number of aryl methyl sites for hydroxylation is 1. The molecule has 5 nitrogen and oxygen atoms in total. The van der Waals surface area contributed by atoms with E-state index in [0.717, 1.165) is 22.6 Å². The number of carbonyl (C=O) groups excluding carboxylic acids is 1. The van der Waals surface area contributed by atoms with Gasteiger partial charge in [-0.15, -0.1) is 0 Å². The van der Waals surface area contributed by atoms with E-state index in [4.69, 9.17) is 5.73 Å². The van der Waals surface area contributed by atoms with Gasteiger partial charge in [0.2, 0.25) is 0 Å². The Labute approximate surface area is 188 Å². The predicted octanol–water partition coefficient (Wildman–Crippen LogP) is 5.98. The lowest BCUT2D eigenvalue weighted by Gasteiger charge is -2.19. The number of anilines is 2. The van der Waals surface area contributed by atoms with Crippen molar-refractivity contribution in [2.45, 2.75) is 33.1 Å². The molecule has 0 radical (unpaired) electrons. The molecule has 162 valence electrons. The van der Waals surface area contributed by atoms with E-state index in [2.05, 4.69) is 37.3 Å². The third-order valence-corrected chi connectivity index (χ3v) is 5.43. The van der Waals surface area contributed by atoms with E-state index in [1.807, 2.05) is 67.6 Å². The summed E-state index contributed by atoms with van der Waals surface area (Å²) < 4.78 is 1.69. The summed E-state index contributed by atoms with van der Waals surface area (Å²) in [6.07, 6.45) is 0. The topological polar surface area (TPSA) is 72.9 Å². The smallest absolute Gasteiger partial charge is 0.255 e.